The molecule has 16 atom stereocenters. The lowest BCUT2D eigenvalue weighted by Crippen LogP contribution is -2.63. The number of fused-ring (bicyclic) bond motifs is 4. The van der Waals surface area contributed by atoms with Crippen LogP contribution >= 0.6 is 0 Å². The molecule has 3 aliphatic rings. The Hall–Kier alpha value is -10.2. The third-order valence-corrected chi connectivity index (χ3v) is 20.3. The standard InChI is InChI=1S/C73H112N22O16/c1-5-38(2)58-70(108)88-52(24-30-79)65(103)83-47(17-10-25-74)62(100)85-49(21-27-76)63(101)86-51(23-29-78)66(104)89-53(33-41-35-80-45-15-8-6-13-43(41)45)67(105)87-50(22-28-77)64(102)84-48(20-26-75)61(99)82-39(3)60(98)91-55(37-96)72(110)95-32-12-19-57(95)73(111)94-31-11-18-56(94)69(107)93-59(40(4)97)71(109)90-54(68(106)92-58)34-42-36-81-46-16-9-7-14-44(42)46/h6-9,13-16,35-36,38-40,47-59,80-81,96-97H,5,10-12,17-34,37,74-79H2,1-4H3,(H,82,99)(H,83,103)(H,84,102)(H,85,100)(H,86,101)(H,87,105)(H,88,108)(H,89,104)(H,90,109)(H,91,98)(H,92,106)(H,93,107)/t38-,39-,40+,47-,48-,49+,50-,51-,52-,53-,54-,55-,56-,57-,58-,59-/m0/s1. The fourth-order valence-corrected chi connectivity index (χ4v) is 13.8. The van der Waals surface area contributed by atoms with Crippen molar-refractivity contribution < 1.29 is 77.3 Å². The summed E-state index contributed by atoms with van der Waals surface area (Å²) in [7, 11) is 0. The van der Waals surface area contributed by atoms with Gasteiger partial charge in [0, 0.05) is 60.1 Å². The van der Waals surface area contributed by atoms with Gasteiger partial charge in [-0.25, -0.2) is 0 Å². The Morgan fingerprint density at radius 2 is 0.757 bits per heavy atom. The van der Waals surface area contributed by atoms with E-state index in [-0.39, 0.29) is 136 Å². The molecule has 5 heterocycles. The summed E-state index contributed by atoms with van der Waals surface area (Å²) in [4.78, 5) is 212. The highest BCUT2D eigenvalue weighted by atomic mass is 16.3. The van der Waals surface area contributed by atoms with E-state index in [9.17, 15) is 77.3 Å². The van der Waals surface area contributed by atoms with E-state index in [1.54, 1.807) is 74.8 Å². The Bertz CT molecular complexity index is 3910. The summed E-state index contributed by atoms with van der Waals surface area (Å²) in [6.45, 7) is 3.97. The molecule has 4 aromatic rings. The van der Waals surface area contributed by atoms with Crippen molar-refractivity contribution in [3.63, 3.8) is 0 Å². The fraction of sp³-hybridized carbons (Fsp3) is 0.589. The molecule has 3 aliphatic heterocycles. The Morgan fingerprint density at radius 1 is 0.405 bits per heavy atom. The molecule has 3 fully saturated rings. The van der Waals surface area contributed by atoms with Gasteiger partial charge < -0.3 is 128 Å². The summed E-state index contributed by atoms with van der Waals surface area (Å²) in [5.74, 6) is -13.4. The van der Waals surface area contributed by atoms with Crippen molar-refractivity contribution in [2.24, 2.45) is 40.3 Å². The number of aromatic amines is 2. The first kappa shape index (κ1) is 88.0. The van der Waals surface area contributed by atoms with Gasteiger partial charge in [0.1, 0.15) is 84.6 Å². The van der Waals surface area contributed by atoms with Crippen LogP contribution in [-0.4, -0.2) is 262 Å². The molecule has 610 valence electrons. The first-order valence-electron chi connectivity index (χ1n) is 38.0. The molecule has 0 bridgehead atoms. The fourth-order valence-electron chi connectivity index (χ4n) is 13.8. The van der Waals surface area contributed by atoms with Gasteiger partial charge in [-0.1, -0.05) is 56.7 Å². The Kier molecular flexibility index (Phi) is 34.0. The van der Waals surface area contributed by atoms with Crippen molar-refractivity contribution in [2.45, 2.75) is 208 Å². The third kappa shape index (κ3) is 23.7. The second kappa shape index (κ2) is 42.8. The number of amides is 14. The molecule has 0 spiro atoms. The second-order valence-corrected chi connectivity index (χ2v) is 28.4. The van der Waals surface area contributed by atoms with Gasteiger partial charge in [0.2, 0.25) is 82.7 Å². The number of hydrogen-bond acceptors (Lipinski definition) is 22. The Balaban J connectivity index is 1.23. The molecule has 38 nitrogen and oxygen atoms in total. The molecular weight excluding hydrogens is 1440 g/mol. The number of aliphatic hydroxyl groups excluding tert-OH is 2. The molecule has 0 radical (unpaired) electrons. The minimum atomic E-state index is -1.77. The lowest BCUT2D eigenvalue weighted by Gasteiger charge is -2.33. The zero-order valence-electron chi connectivity index (χ0n) is 63.2. The number of benzene rings is 2. The van der Waals surface area contributed by atoms with Crippen molar-refractivity contribution in [2.75, 3.05) is 59.0 Å². The number of carbonyl (C=O) groups excluding carboxylic acids is 14. The van der Waals surface area contributed by atoms with Crippen LogP contribution < -0.4 is 98.2 Å². The van der Waals surface area contributed by atoms with Crippen LogP contribution in [0.4, 0.5) is 0 Å². The number of para-hydroxylation sites is 2. The van der Waals surface area contributed by atoms with Gasteiger partial charge in [-0.3, -0.25) is 67.1 Å². The average Bonchev–Trinajstić information content (AvgIpc) is 1.69. The molecule has 28 N–H and O–H groups in total. The highest BCUT2D eigenvalue weighted by Crippen LogP contribution is 2.27. The van der Waals surface area contributed by atoms with E-state index in [2.05, 4.69) is 73.8 Å². The van der Waals surface area contributed by atoms with E-state index in [0.717, 1.165) is 4.90 Å². The minimum Gasteiger partial charge on any atom is -0.394 e. The lowest BCUT2D eigenvalue weighted by molar-refractivity contribution is -0.148. The molecular formula is C73H112N22O16. The SMILES string of the molecule is CC[C@H](C)[C@@H]1NC(=O)[C@H](Cc2c[nH]c3ccccc23)NC(=O)[C@H]([C@@H](C)O)NC(=O)[C@@H]2CCCN2C(=O)[C@@H]2CCCN2C(=O)[C@H](CO)NC(=O)[C@H](C)NC(=O)[C@H](CCN)NC(=O)[C@H](CCN)NC(=O)[C@H](Cc2c[nH]c3ccccc23)NC(=O)[C@H](CCN)NC(=O)[C@@H](CCN)NC(=O)[C@H](CCCN)NC(=O)[C@H](CCN)NC1=O. The molecule has 0 aliphatic carbocycles. The van der Waals surface area contributed by atoms with Crippen LogP contribution in [0.15, 0.2) is 60.9 Å². The summed E-state index contributed by atoms with van der Waals surface area (Å²) < 4.78 is 0. The third-order valence-electron chi connectivity index (χ3n) is 20.3. The van der Waals surface area contributed by atoms with Gasteiger partial charge in [-0.2, -0.15) is 0 Å². The van der Waals surface area contributed by atoms with Crippen LogP contribution in [0.25, 0.3) is 21.8 Å². The molecule has 7 rings (SSSR count). The van der Waals surface area contributed by atoms with Crippen LogP contribution in [0.5, 0.6) is 0 Å². The van der Waals surface area contributed by atoms with Crippen LogP contribution in [0.2, 0.25) is 0 Å². The van der Waals surface area contributed by atoms with E-state index >= 15 is 0 Å². The van der Waals surface area contributed by atoms with Gasteiger partial charge in [-0.15, -0.1) is 0 Å². The summed E-state index contributed by atoms with van der Waals surface area (Å²) in [6, 6.07) is -6.52. The van der Waals surface area contributed by atoms with Gasteiger partial charge in [-0.05, 0) is 153 Å². The van der Waals surface area contributed by atoms with Crippen molar-refractivity contribution in [1.29, 1.82) is 0 Å². The maximum absolute atomic E-state index is 15.0. The number of hydrogen-bond donors (Lipinski definition) is 22. The molecule has 0 saturated carbocycles. The minimum absolute atomic E-state index is 0.0147. The quantitative estimate of drug-likeness (QED) is 0.0369. The zero-order chi connectivity index (χ0) is 81.2. The Morgan fingerprint density at radius 3 is 1.18 bits per heavy atom. The smallest absolute Gasteiger partial charge is 0.248 e. The van der Waals surface area contributed by atoms with Crippen molar-refractivity contribution in [1.82, 2.24) is 83.6 Å². The summed E-state index contributed by atoms with van der Waals surface area (Å²) >= 11 is 0. The van der Waals surface area contributed by atoms with Gasteiger partial charge >= 0.3 is 0 Å². The first-order valence-corrected chi connectivity index (χ1v) is 38.0. The highest BCUT2D eigenvalue weighted by molar-refractivity contribution is 6.02. The van der Waals surface area contributed by atoms with Gasteiger partial charge in [0.25, 0.3) is 0 Å². The monoisotopic (exact) mass is 1550 g/mol. The van der Waals surface area contributed by atoms with Crippen molar-refractivity contribution in [3.8, 4) is 0 Å². The molecule has 3 saturated heterocycles. The summed E-state index contributed by atoms with van der Waals surface area (Å²) in [5, 5.41) is 54.6. The number of nitrogens with two attached hydrogens (primary N) is 6. The van der Waals surface area contributed by atoms with Crippen LogP contribution in [0.1, 0.15) is 116 Å². The van der Waals surface area contributed by atoms with E-state index in [0.29, 0.717) is 39.4 Å². The van der Waals surface area contributed by atoms with Crippen LogP contribution in [0.3, 0.4) is 0 Å². The van der Waals surface area contributed by atoms with E-state index < -0.39 is 186 Å². The maximum Gasteiger partial charge on any atom is 0.248 e. The van der Waals surface area contributed by atoms with Crippen LogP contribution in [-0.2, 0) is 80.0 Å². The average molecular weight is 1550 g/mol. The molecule has 2 aromatic heterocycles. The molecule has 38 heteroatoms. The number of nitrogens with zero attached hydrogens (tertiary/aromatic N) is 2. The zero-order valence-corrected chi connectivity index (χ0v) is 63.2. The highest BCUT2D eigenvalue weighted by Gasteiger charge is 2.46. The summed E-state index contributed by atoms with van der Waals surface area (Å²) in [5.41, 5.74) is 38.4. The summed E-state index contributed by atoms with van der Waals surface area (Å²) in [6.07, 6.45) is 1.13. The Labute approximate surface area is 642 Å². The number of nitrogens with one attached hydrogen (secondary N) is 14. The molecule has 14 amide bonds. The van der Waals surface area contributed by atoms with Gasteiger partial charge in [0.15, 0.2) is 0 Å². The van der Waals surface area contributed by atoms with E-state index in [1.165, 1.54) is 18.7 Å². The number of rotatable bonds is 21. The number of carbonyl (C=O) groups is 14. The molecule has 2 aromatic carbocycles. The molecule has 111 heavy (non-hydrogen) atoms. The maximum atomic E-state index is 15.0. The van der Waals surface area contributed by atoms with Crippen molar-refractivity contribution in [3.05, 3.63) is 72.1 Å². The predicted octanol–water partition coefficient (Wildman–Crippen LogP) is -6.83. The van der Waals surface area contributed by atoms with Crippen molar-refractivity contribution >= 4 is 105 Å². The second-order valence-electron chi connectivity index (χ2n) is 28.4. The predicted molar refractivity (Wildman–Crippen MR) is 407 cm³/mol. The normalized spacial score (nSPS) is 27.1. The molecule has 0 unspecified atom stereocenters. The number of H-pyrrole nitrogens is 2. The van der Waals surface area contributed by atoms with Gasteiger partial charge in [0.05, 0.1) is 12.7 Å². The number of aromatic nitrogens is 2. The lowest BCUT2D eigenvalue weighted by atomic mass is 9.96. The first-order chi connectivity index (χ1) is 53.1. The topological polar surface area (TPSA) is 618 Å². The van der Waals surface area contributed by atoms with E-state index in [4.69, 9.17) is 34.4 Å². The van der Waals surface area contributed by atoms with E-state index in [1.807, 2.05) is 0 Å². The van der Waals surface area contributed by atoms with Crippen LogP contribution in [0, 0.1) is 5.92 Å². The number of aliphatic hydroxyl groups is 2. The largest absolute Gasteiger partial charge is 0.394 e.